The van der Waals surface area contributed by atoms with Gasteiger partial charge in [-0.2, -0.15) is 0 Å². The maximum atomic E-state index is 13.4. The van der Waals surface area contributed by atoms with Gasteiger partial charge in [-0.05, 0) is 55.0 Å². The highest BCUT2D eigenvalue weighted by Crippen LogP contribution is 2.29. The summed E-state index contributed by atoms with van der Waals surface area (Å²) in [6, 6.07) is 11.7. The van der Waals surface area contributed by atoms with Crippen molar-refractivity contribution in [3.63, 3.8) is 0 Å². The van der Waals surface area contributed by atoms with Gasteiger partial charge in [0.05, 0.1) is 22.7 Å². The molecule has 4 rings (SSSR count). The van der Waals surface area contributed by atoms with E-state index in [1.165, 1.54) is 0 Å². The maximum absolute atomic E-state index is 13.4. The number of esters is 1. The standard InChI is InChI=1S/C22H23ClN2O3S/c1-2-28-22(27)16-6-4-9-24(14-16)21(26)19-12-20-18(8-10-29-20)25(19)13-15-5-3-7-17(23)11-15/h3,5,7-8,10-12,16H,2,4,6,9,13-14H2,1H3/t16-/m1/s1. The summed E-state index contributed by atoms with van der Waals surface area (Å²) >= 11 is 7.77. The molecule has 1 fully saturated rings. The SMILES string of the molecule is CCOC(=O)[C@@H]1CCCN(C(=O)c2cc3sccc3n2Cc2cccc(Cl)c2)C1. The van der Waals surface area contributed by atoms with Crippen molar-refractivity contribution in [1.82, 2.24) is 9.47 Å². The molecule has 0 N–H and O–H groups in total. The number of carbonyl (C=O) groups excluding carboxylic acids is 2. The molecule has 0 bridgehead atoms. The second-order valence-corrected chi connectivity index (χ2v) is 8.64. The van der Waals surface area contributed by atoms with Crippen LogP contribution in [0.5, 0.6) is 0 Å². The van der Waals surface area contributed by atoms with E-state index in [0.29, 0.717) is 37.0 Å². The minimum absolute atomic E-state index is 0.0376. The average molecular weight is 431 g/mol. The number of nitrogens with zero attached hydrogens (tertiary/aromatic N) is 2. The molecule has 1 saturated heterocycles. The van der Waals surface area contributed by atoms with Crippen molar-refractivity contribution in [2.24, 2.45) is 5.92 Å². The summed E-state index contributed by atoms with van der Waals surface area (Å²) in [5.74, 6) is -0.491. The Morgan fingerprint density at radius 2 is 2.14 bits per heavy atom. The second kappa shape index (κ2) is 8.59. The van der Waals surface area contributed by atoms with Crippen LogP contribution in [0.3, 0.4) is 0 Å². The summed E-state index contributed by atoms with van der Waals surface area (Å²) < 4.78 is 8.30. The number of piperidine rings is 1. The van der Waals surface area contributed by atoms with Crippen LogP contribution in [-0.2, 0) is 16.1 Å². The number of likely N-dealkylation sites (tertiary alicyclic amines) is 1. The van der Waals surface area contributed by atoms with Gasteiger partial charge in [-0.1, -0.05) is 23.7 Å². The lowest BCUT2D eigenvalue weighted by Crippen LogP contribution is -2.43. The summed E-state index contributed by atoms with van der Waals surface area (Å²) in [6.45, 7) is 3.80. The van der Waals surface area contributed by atoms with Gasteiger partial charge in [0.2, 0.25) is 0 Å². The zero-order valence-electron chi connectivity index (χ0n) is 16.3. The number of benzene rings is 1. The molecule has 0 spiro atoms. The Labute approximate surface area is 178 Å². The fourth-order valence-electron chi connectivity index (χ4n) is 3.92. The number of carbonyl (C=O) groups is 2. The zero-order chi connectivity index (χ0) is 20.4. The first-order valence-electron chi connectivity index (χ1n) is 9.84. The molecule has 1 aromatic carbocycles. The summed E-state index contributed by atoms with van der Waals surface area (Å²) in [4.78, 5) is 27.4. The monoisotopic (exact) mass is 430 g/mol. The summed E-state index contributed by atoms with van der Waals surface area (Å²) in [6.07, 6.45) is 1.57. The minimum Gasteiger partial charge on any atom is -0.466 e. The molecule has 0 saturated carbocycles. The van der Waals surface area contributed by atoms with E-state index in [2.05, 4.69) is 0 Å². The van der Waals surface area contributed by atoms with Gasteiger partial charge in [0.25, 0.3) is 5.91 Å². The lowest BCUT2D eigenvalue weighted by Gasteiger charge is -2.31. The third-order valence-corrected chi connectivity index (χ3v) is 6.39. The van der Waals surface area contributed by atoms with Gasteiger partial charge in [-0.15, -0.1) is 11.3 Å². The molecule has 7 heteroatoms. The normalized spacial score (nSPS) is 16.9. The molecule has 152 valence electrons. The number of ether oxygens (including phenoxy) is 1. The number of amides is 1. The Bertz CT molecular complexity index is 1040. The molecule has 3 aromatic rings. The van der Waals surface area contributed by atoms with Crippen molar-refractivity contribution < 1.29 is 14.3 Å². The van der Waals surface area contributed by atoms with Gasteiger partial charge in [0, 0.05) is 24.7 Å². The predicted octanol–water partition coefficient (Wildman–Crippen LogP) is 4.82. The Balaban J connectivity index is 1.62. The first kappa shape index (κ1) is 20.0. The molecular formula is C22H23ClN2O3S. The Hall–Kier alpha value is -2.31. The van der Waals surface area contributed by atoms with E-state index in [1.54, 1.807) is 23.2 Å². The van der Waals surface area contributed by atoms with Crippen molar-refractivity contribution in [2.45, 2.75) is 26.3 Å². The molecular weight excluding hydrogens is 408 g/mol. The smallest absolute Gasteiger partial charge is 0.310 e. The summed E-state index contributed by atoms with van der Waals surface area (Å²) in [5.41, 5.74) is 2.73. The molecule has 3 heterocycles. The lowest BCUT2D eigenvalue weighted by molar-refractivity contribution is -0.149. The van der Waals surface area contributed by atoms with Crippen molar-refractivity contribution in [2.75, 3.05) is 19.7 Å². The van der Waals surface area contributed by atoms with Gasteiger partial charge < -0.3 is 14.2 Å². The number of hydrogen-bond donors (Lipinski definition) is 0. The first-order chi connectivity index (χ1) is 14.1. The van der Waals surface area contributed by atoms with E-state index in [9.17, 15) is 9.59 Å². The van der Waals surface area contributed by atoms with Gasteiger partial charge in [-0.25, -0.2) is 0 Å². The van der Waals surface area contributed by atoms with Gasteiger partial charge in [0.15, 0.2) is 0 Å². The third-order valence-electron chi connectivity index (χ3n) is 5.30. The van der Waals surface area contributed by atoms with Gasteiger partial charge in [-0.3, -0.25) is 9.59 Å². The number of aromatic nitrogens is 1. The Morgan fingerprint density at radius 1 is 1.28 bits per heavy atom. The van der Waals surface area contributed by atoms with E-state index in [1.807, 2.05) is 46.3 Å². The number of hydrogen-bond acceptors (Lipinski definition) is 4. The molecule has 2 aromatic heterocycles. The van der Waals surface area contributed by atoms with Crippen LogP contribution in [0.4, 0.5) is 0 Å². The molecule has 1 amide bonds. The van der Waals surface area contributed by atoms with Crippen LogP contribution in [0.15, 0.2) is 41.8 Å². The highest BCUT2D eigenvalue weighted by atomic mass is 35.5. The van der Waals surface area contributed by atoms with E-state index >= 15 is 0 Å². The topological polar surface area (TPSA) is 51.5 Å². The number of rotatable bonds is 5. The van der Waals surface area contributed by atoms with E-state index in [0.717, 1.165) is 28.6 Å². The summed E-state index contributed by atoms with van der Waals surface area (Å²) in [5, 5.41) is 2.71. The Morgan fingerprint density at radius 3 is 2.93 bits per heavy atom. The molecule has 0 radical (unpaired) electrons. The van der Waals surface area contributed by atoms with Crippen LogP contribution in [0.25, 0.3) is 10.2 Å². The predicted molar refractivity (Wildman–Crippen MR) is 116 cm³/mol. The van der Waals surface area contributed by atoms with Crippen LogP contribution in [-0.4, -0.2) is 41.0 Å². The van der Waals surface area contributed by atoms with E-state index < -0.39 is 0 Å². The largest absolute Gasteiger partial charge is 0.466 e. The molecule has 29 heavy (non-hydrogen) atoms. The average Bonchev–Trinajstić information content (AvgIpc) is 3.30. The molecule has 1 aliphatic heterocycles. The lowest BCUT2D eigenvalue weighted by atomic mass is 9.98. The minimum atomic E-state index is -0.245. The Kier molecular flexibility index (Phi) is 5.92. The molecule has 1 atom stereocenters. The fourth-order valence-corrected chi connectivity index (χ4v) is 4.95. The van der Waals surface area contributed by atoms with E-state index in [-0.39, 0.29) is 17.8 Å². The highest BCUT2D eigenvalue weighted by molar-refractivity contribution is 7.17. The summed E-state index contributed by atoms with van der Waals surface area (Å²) in [7, 11) is 0. The second-order valence-electron chi connectivity index (χ2n) is 7.26. The number of thiophene rings is 1. The number of fused-ring (bicyclic) bond motifs is 1. The third kappa shape index (κ3) is 4.19. The number of halogens is 1. The first-order valence-corrected chi connectivity index (χ1v) is 11.1. The maximum Gasteiger partial charge on any atom is 0.310 e. The van der Waals surface area contributed by atoms with Crippen LogP contribution < -0.4 is 0 Å². The molecule has 1 aliphatic rings. The van der Waals surface area contributed by atoms with Crippen molar-refractivity contribution >= 4 is 45.0 Å². The van der Waals surface area contributed by atoms with Gasteiger partial charge in [0.1, 0.15) is 5.69 Å². The van der Waals surface area contributed by atoms with Crippen LogP contribution >= 0.6 is 22.9 Å². The van der Waals surface area contributed by atoms with E-state index in [4.69, 9.17) is 16.3 Å². The van der Waals surface area contributed by atoms with Crippen molar-refractivity contribution in [1.29, 1.82) is 0 Å². The molecule has 5 nitrogen and oxygen atoms in total. The van der Waals surface area contributed by atoms with Crippen molar-refractivity contribution in [3.05, 3.63) is 58.1 Å². The van der Waals surface area contributed by atoms with Crippen LogP contribution in [0.1, 0.15) is 35.8 Å². The fraction of sp³-hybridized carbons (Fsp3) is 0.364. The van der Waals surface area contributed by atoms with Crippen LogP contribution in [0.2, 0.25) is 5.02 Å². The molecule has 0 aliphatic carbocycles. The van der Waals surface area contributed by atoms with Crippen LogP contribution in [0, 0.1) is 5.92 Å². The van der Waals surface area contributed by atoms with Crippen molar-refractivity contribution in [3.8, 4) is 0 Å². The zero-order valence-corrected chi connectivity index (χ0v) is 17.8. The van der Waals surface area contributed by atoms with Gasteiger partial charge >= 0.3 is 5.97 Å². The highest BCUT2D eigenvalue weighted by Gasteiger charge is 2.31. The molecule has 0 unspecified atom stereocenters. The quantitative estimate of drug-likeness (QED) is 0.545.